The molecule has 0 spiro atoms. The summed E-state index contributed by atoms with van der Waals surface area (Å²) in [7, 11) is 0. The van der Waals surface area contributed by atoms with Gasteiger partial charge in [-0.15, -0.1) is 0 Å². The van der Waals surface area contributed by atoms with E-state index < -0.39 is 6.85 Å². The molecule has 0 bridgehead atoms. The van der Waals surface area contributed by atoms with E-state index in [0.29, 0.717) is 11.3 Å². The highest BCUT2D eigenvalue weighted by atomic mass is 14.7. The Bertz CT molecular complexity index is 3330. The van der Waals surface area contributed by atoms with Crippen LogP contribution in [0.4, 0.5) is 0 Å². The Balaban J connectivity index is 1.03. The zero-order valence-corrected chi connectivity index (χ0v) is 37.0. The Kier molecular flexibility index (Phi) is 11.4. The first-order chi connectivity index (χ1) is 34.2. The molecule has 0 atom stereocenters. The molecule has 0 radical (unpaired) electrons. The average molecular weight is 864 g/mol. The van der Waals surface area contributed by atoms with Gasteiger partial charge in [0.05, 0.1) is 28.7 Å². The van der Waals surface area contributed by atoms with Crippen LogP contribution in [0.1, 0.15) is 37.5 Å². The zero-order chi connectivity index (χ0) is 47.9. The monoisotopic (exact) mass is 863 g/mol. The highest BCUT2D eigenvalue weighted by Gasteiger charge is 2.17. The maximum absolute atomic E-state index is 9.39. The van der Waals surface area contributed by atoms with Gasteiger partial charge >= 0.3 is 0 Å². The largest absolute Gasteiger partial charge is 0.256 e. The van der Waals surface area contributed by atoms with Gasteiger partial charge in [-0.3, -0.25) is 15.0 Å². The van der Waals surface area contributed by atoms with Crippen LogP contribution in [-0.2, 0) is 25.7 Å². The minimum atomic E-state index is -2.26. The van der Waals surface area contributed by atoms with E-state index in [1.54, 1.807) is 18.3 Å². The van der Waals surface area contributed by atoms with Crippen molar-refractivity contribution in [2.45, 2.75) is 32.5 Å². The summed E-state index contributed by atoms with van der Waals surface area (Å²) in [6.07, 6.45) is 8.77. The van der Waals surface area contributed by atoms with Crippen molar-refractivity contribution in [2.24, 2.45) is 0 Å². The number of pyridine rings is 3. The lowest BCUT2D eigenvalue weighted by atomic mass is 9.86. The molecule has 320 valence electrons. The normalized spacial score (nSPS) is 11.8. The van der Waals surface area contributed by atoms with Gasteiger partial charge in [-0.1, -0.05) is 152 Å². The van der Waals surface area contributed by atoms with E-state index in [1.165, 1.54) is 22.3 Å². The van der Waals surface area contributed by atoms with Crippen LogP contribution in [0.2, 0.25) is 0 Å². The second kappa shape index (κ2) is 19.7. The van der Waals surface area contributed by atoms with E-state index in [2.05, 4.69) is 148 Å². The summed E-state index contributed by atoms with van der Waals surface area (Å²) in [6, 6.07) is 73.1. The predicted octanol–water partition coefficient (Wildman–Crippen LogP) is 15.3. The number of aromatic nitrogens is 3. The molecule has 67 heavy (non-hydrogen) atoms. The lowest BCUT2D eigenvalue weighted by Gasteiger charge is -2.18. The molecule has 4 nitrogen and oxygen atoms in total. The number of benzene rings is 7. The van der Waals surface area contributed by atoms with E-state index in [4.69, 9.17) is 4.11 Å². The number of hydrogen-bond acceptors (Lipinski definition) is 4. The second-order valence-corrected chi connectivity index (χ2v) is 16.9. The van der Waals surface area contributed by atoms with Crippen LogP contribution in [0, 0.1) is 18.2 Å². The van der Waals surface area contributed by atoms with Crippen LogP contribution in [0.3, 0.4) is 0 Å². The van der Waals surface area contributed by atoms with Crippen molar-refractivity contribution in [3.8, 4) is 84.3 Å². The zero-order valence-electron chi connectivity index (χ0n) is 40.0. The molecule has 7 aromatic carbocycles. The van der Waals surface area contributed by atoms with Crippen LogP contribution >= 0.6 is 0 Å². The molecule has 0 amide bonds. The van der Waals surface area contributed by atoms with Gasteiger partial charge in [-0.05, 0) is 159 Å². The predicted molar refractivity (Wildman–Crippen MR) is 275 cm³/mol. The van der Waals surface area contributed by atoms with Crippen LogP contribution in [-0.4, -0.2) is 15.0 Å². The molecule has 0 aliphatic rings. The van der Waals surface area contributed by atoms with Crippen LogP contribution in [0.15, 0.2) is 225 Å². The summed E-state index contributed by atoms with van der Waals surface area (Å²) >= 11 is 0. The fourth-order valence-electron chi connectivity index (χ4n) is 8.85. The molecule has 10 rings (SSSR count). The van der Waals surface area contributed by atoms with Crippen LogP contribution < -0.4 is 0 Å². The van der Waals surface area contributed by atoms with Crippen molar-refractivity contribution in [3.63, 3.8) is 0 Å². The molecule has 0 saturated heterocycles. The first-order valence-electron chi connectivity index (χ1n) is 24.2. The highest BCUT2D eigenvalue weighted by molar-refractivity contribution is 5.94. The third kappa shape index (κ3) is 9.93. The number of nitrogens with zero attached hydrogens (tertiary/aromatic N) is 4. The third-order valence-corrected chi connectivity index (χ3v) is 12.4. The van der Waals surface area contributed by atoms with Gasteiger partial charge in [0.15, 0.2) is 0 Å². The standard InChI is InChI=1S/C63H48N4/c1-44-34-37-67-63(38-44)55-32-33-59(60(42-55)52-30-28-51(29-31-52)50-22-20-47(43-64)21-23-50)58-9-3-2-8-57(58)56-40-48(14-12-45-16-24-53(25-17-45)61-10-4-6-35-65-61)39-49(41-56)15-13-46-18-26-54(27-19-46)62-11-5-7-36-66-62/h2-11,16-42H,12-15H2,1H3/i1D3. The van der Waals surface area contributed by atoms with Crippen molar-refractivity contribution < 1.29 is 4.11 Å². The molecule has 0 fully saturated rings. The Morgan fingerprint density at radius 2 is 0.851 bits per heavy atom. The van der Waals surface area contributed by atoms with Gasteiger partial charge in [-0.25, -0.2) is 0 Å². The van der Waals surface area contributed by atoms with E-state index in [0.717, 1.165) is 98.3 Å². The number of rotatable bonds is 13. The maximum atomic E-state index is 9.39. The van der Waals surface area contributed by atoms with E-state index in [-0.39, 0.29) is 5.56 Å². The first-order valence-corrected chi connectivity index (χ1v) is 22.7. The van der Waals surface area contributed by atoms with Crippen molar-refractivity contribution in [2.75, 3.05) is 0 Å². The summed E-state index contributed by atoms with van der Waals surface area (Å²) in [5, 5.41) is 9.39. The van der Waals surface area contributed by atoms with Gasteiger partial charge in [-0.2, -0.15) is 5.26 Å². The summed E-state index contributed by atoms with van der Waals surface area (Å²) in [4.78, 5) is 13.7. The van der Waals surface area contributed by atoms with Crippen molar-refractivity contribution in [1.29, 1.82) is 5.26 Å². The Labute approximate surface area is 397 Å². The Morgan fingerprint density at radius 3 is 1.42 bits per heavy atom. The minimum absolute atomic E-state index is 0.249. The molecule has 3 aromatic heterocycles. The molecular weight excluding hydrogens is 813 g/mol. The summed E-state index contributed by atoms with van der Waals surface area (Å²) in [6.45, 7) is -2.26. The highest BCUT2D eigenvalue weighted by Crippen LogP contribution is 2.41. The van der Waals surface area contributed by atoms with Gasteiger partial charge in [0, 0.05) is 39.4 Å². The minimum Gasteiger partial charge on any atom is -0.256 e. The molecule has 3 heterocycles. The van der Waals surface area contributed by atoms with Gasteiger partial charge < -0.3 is 0 Å². The lowest BCUT2D eigenvalue weighted by Crippen LogP contribution is -1.98. The van der Waals surface area contributed by atoms with Crippen LogP contribution in [0.25, 0.3) is 78.3 Å². The van der Waals surface area contributed by atoms with Gasteiger partial charge in [0.2, 0.25) is 0 Å². The molecule has 10 aromatic rings. The van der Waals surface area contributed by atoms with Crippen molar-refractivity contribution in [1.82, 2.24) is 15.0 Å². The topological polar surface area (TPSA) is 62.5 Å². The summed E-state index contributed by atoms with van der Waals surface area (Å²) < 4.78 is 24.3. The smallest absolute Gasteiger partial charge is 0.0991 e. The third-order valence-electron chi connectivity index (χ3n) is 12.4. The second-order valence-electron chi connectivity index (χ2n) is 16.9. The average Bonchev–Trinajstić information content (AvgIpc) is 3.42. The number of nitriles is 1. The molecule has 0 saturated carbocycles. The molecule has 4 heteroatoms. The molecular formula is C63H48N4. The fourth-order valence-corrected chi connectivity index (χ4v) is 8.85. The number of hydrogen-bond donors (Lipinski definition) is 0. The fraction of sp³-hybridized carbons (Fsp3) is 0.0794. The van der Waals surface area contributed by atoms with E-state index in [9.17, 15) is 5.26 Å². The molecule has 0 unspecified atom stereocenters. The molecule has 0 aliphatic heterocycles. The SMILES string of the molecule is [2H]C([2H])([2H])c1ccnc(-c2ccc(-c3ccccc3-c3cc(CCc4ccc(-c5ccccn5)cc4)cc(CCc4ccc(-c5ccccn5)cc4)c3)c(-c3ccc(-c4ccc(C#N)cc4)cc3)c2)c1. The van der Waals surface area contributed by atoms with E-state index in [1.807, 2.05) is 79.1 Å². The summed E-state index contributed by atoms with van der Waals surface area (Å²) in [5.74, 6) is 0. The lowest BCUT2D eigenvalue weighted by molar-refractivity contribution is 0.931. The Morgan fingerprint density at radius 1 is 0.358 bits per heavy atom. The quantitative estimate of drug-likeness (QED) is 0.116. The van der Waals surface area contributed by atoms with Gasteiger partial charge in [0.1, 0.15) is 0 Å². The van der Waals surface area contributed by atoms with Crippen molar-refractivity contribution in [3.05, 3.63) is 258 Å². The first kappa shape index (κ1) is 38.9. The Hall–Kier alpha value is -8.52. The number of aryl methyl sites for hydroxylation is 5. The summed E-state index contributed by atoms with van der Waals surface area (Å²) in [5.41, 5.74) is 20.0. The van der Waals surface area contributed by atoms with Gasteiger partial charge in [0.25, 0.3) is 0 Å². The maximum Gasteiger partial charge on any atom is 0.0991 e. The van der Waals surface area contributed by atoms with Crippen LogP contribution in [0.5, 0.6) is 0 Å². The molecule has 0 aliphatic carbocycles. The molecule has 0 N–H and O–H groups in total. The van der Waals surface area contributed by atoms with Crippen molar-refractivity contribution >= 4 is 0 Å². The van der Waals surface area contributed by atoms with E-state index >= 15 is 0 Å².